The number of rotatable bonds is 16. The lowest BCUT2D eigenvalue weighted by molar-refractivity contribution is -0.878. The van der Waals surface area contributed by atoms with Gasteiger partial charge in [-0.05, 0) is 81.2 Å². The van der Waals surface area contributed by atoms with Gasteiger partial charge in [-0.2, -0.15) is 17.5 Å². The Balaban J connectivity index is 0.000000959. The predicted octanol–water partition coefficient (Wildman–Crippen LogP) is 4.36. The maximum absolute atomic E-state index is 16.2. The normalized spacial score (nSPS) is 14.8. The molecule has 70 heavy (non-hydrogen) atoms. The molecule has 24 heteroatoms. The highest BCUT2D eigenvalue weighted by atomic mass is 32.2. The van der Waals surface area contributed by atoms with Gasteiger partial charge >= 0.3 is 6.18 Å². The first kappa shape index (κ1) is 50.7. The van der Waals surface area contributed by atoms with Gasteiger partial charge in [-0.15, -0.1) is 5.10 Å². The molecule has 0 radical (unpaired) electrons. The second-order valence-corrected chi connectivity index (χ2v) is 20.4. The molecule has 0 bridgehead atoms. The minimum atomic E-state index is -5.19. The number of para-hydroxylation sites is 1. The Morgan fingerprint density at radius 3 is 1.89 bits per heavy atom. The zero-order valence-corrected chi connectivity index (χ0v) is 40.1. The van der Waals surface area contributed by atoms with Crippen LogP contribution in [0.25, 0.3) is 33.5 Å². The van der Waals surface area contributed by atoms with E-state index in [-0.39, 0.29) is 37.0 Å². The fourth-order valence-electron chi connectivity index (χ4n) is 8.03. The highest BCUT2D eigenvalue weighted by molar-refractivity contribution is 7.92. The highest BCUT2D eigenvalue weighted by Gasteiger charge is 2.41. The van der Waals surface area contributed by atoms with Crippen molar-refractivity contribution in [2.24, 2.45) is 0 Å². The second-order valence-electron chi connectivity index (χ2n) is 16.9. The van der Waals surface area contributed by atoms with Crippen molar-refractivity contribution in [3.8, 4) is 39.8 Å². The maximum Gasteiger partial charge on any atom is 0.430 e. The predicted molar refractivity (Wildman–Crippen MR) is 249 cm³/mol. The van der Waals surface area contributed by atoms with Crippen LogP contribution in [0.2, 0.25) is 0 Å². The van der Waals surface area contributed by atoms with Gasteiger partial charge in [-0.3, -0.25) is 0 Å². The lowest BCUT2D eigenvalue weighted by Crippen LogP contribution is -2.43. The van der Waals surface area contributed by atoms with Crippen LogP contribution < -0.4 is 29.8 Å². The Hall–Kier alpha value is -7.12. The van der Waals surface area contributed by atoms with Crippen molar-refractivity contribution in [2.45, 2.75) is 48.1 Å². The number of ether oxygens (including phenoxy) is 3. The number of sulfonamides is 2. The standard InChI is InChI=1S/C44H49N10O7S2.C2HF3O2/c1-54(2)24-23-32(28-54)49-62(55,56)39-22-21-36(37-7-6-8-38-41(37)47-44(45)46-38)40(43-48-50-51-53(43)27-31-13-19-35(61-5)20-14-31)42(39)63(57,58)52(25-29-9-15-33(59-3)16-10-29)26-30-11-17-34(60-4)18-12-30;3-2(4,5)1(6)7/h6-22,32,49H,23-28H2,1-5H3,(H3,45,46,47);(H,6,7)/q+1;/p-1/t32-;/m1./s1. The molecule has 7 aromatic rings. The highest BCUT2D eigenvalue weighted by Crippen LogP contribution is 2.44. The smallest absolute Gasteiger partial charge is 0.430 e. The van der Waals surface area contributed by atoms with E-state index in [1.807, 2.05) is 26.2 Å². The van der Waals surface area contributed by atoms with Crippen molar-refractivity contribution in [1.82, 2.24) is 39.2 Å². The van der Waals surface area contributed by atoms with Crippen LogP contribution in [-0.4, -0.2) is 123 Å². The summed E-state index contributed by atoms with van der Waals surface area (Å²) in [7, 11) is -0.714. The van der Waals surface area contributed by atoms with Crippen molar-refractivity contribution in [3.63, 3.8) is 0 Å². The molecule has 1 fully saturated rings. The number of anilines is 1. The summed E-state index contributed by atoms with van der Waals surface area (Å²) >= 11 is 0. The van der Waals surface area contributed by atoms with Gasteiger partial charge < -0.3 is 39.3 Å². The average Bonchev–Trinajstić information content (AvgIpc) is 4.05. The molecule has 2 aromatic heterocycles. The number of hydrogen-bond acceptors (Lipinski definition) is 14. The first-order valence-corrected chi connectivity index (χ1v) is 24.2. The molecule has 0 aliphatic carbocycles. The molecule has 8 rings (SSSR count). The third-order valence-corrected chi connectivity index (χ3v) is 15.0. The second kappa shape index (κ2) is 20.5. The number of alkyl halides is 3. The van der Waals surface area contributed by atoms with E-state index in [1.54, 1.807) is 106 Å². The molecule has 370 valence electrons. The summed E-state index contributed by atoms with van der Waals surface area (Å²) in [4.78, 5) is 15.4. The van der Waals surface area contributed by atoms with E-state index in [9.17, 15) is 13.2 Å². The van der Waals surface area contributed by atoms with Crippen LogP contribution in [0.15, 0.2) is 113 Å². The topological polar surface area (TPSA) is 250 Å². The van der Waals surface area contributed by atoms with Crippen molar-refractivity contribution in [3.05, 3.63) is 120 Å². The van der Waals surface area contributed by atoms with Crippen molar-refractivity contribution >= 4 is 43.0 Å². The van der Waals surface area contributed by atoms with Crippen LogP contribution >= 0.6 is 0 Å². The number of likely N-dealkylation sites (N-methyl/N-ethyl adjacent to an activating group) is 1. The molecule has 0 spiro atoms. The summed E-state index contributed by atoms with van der Waals surface area (Å²) < 4.78 is 116. The van der Waals surface area contributed by atoms with Gasteiger partial charge in [-0.25, -0.2) is 31.2 Å². The zero-order chi connectivity index (χ0) is 50.6. The number of fused-ring (bicyclic) bond motifs is 1. The maximum atomic E-state index is 16.2. The molecule has 4 N–H and O–H groups in total. The van der Waals surface area contributed by atoms with Crippen LogP contribution in [0.3, 0.4) is 0 Å². The van der Waals surface area contributed by atoms with E-state index < -0.39 is 48.0 Å². The Bertz CT molecular complexity index is 3160. The van der Waals surface area contributed by atoms with Crippen molar-refractivity contribution in [2.75, 3.05) is 54.2 Å². The SMILES string of the molecule is COc1ccc(CN(Cc2ccc(OC)cc2)S(=O)(=O)c2c(S(=O)(=O)N[C@@H]3CC[N+](C)(C)C3)ccc(-c3cccc4[nH]c(N)nc34)c2-c2nnnn2Cc2ccc(OC)cc2)cc1.O=C([O-])C(F)(F)F. The van der Waals surface area contributed by atoms with Crippen LogP contribution in [0.4, 0.5) is 19.1 Å². The molecule has 5 aromatic carbocycles. The number of likely N-dealkylation sites (tertiary alicyclic amines) is 1. The molecule has 0 amide bonds. The summed E-state index contributed by atoms with van der Waals surface area (Å²) in [5.74, 6) is -1.05. The molecule has 19 nitrogen and oxygen atoms in total. The van der Waals surface area contributed by atoms with Crippen molar-refractivity contribution in [1.29, 1.82) is 0 Å². The fourth-order valence-corrected chi connectivity index (χ4v) is 11.7. The number of methoxy groups -OCH3 is 3. The van der Waals surface area contributed by atoms with E-state index in [2.05, 4.69) is 30.2 Å². The summed E-state index contributed by atoms with van der Waals surface area (Å²) in [6.07, 6.45) is -4.64. The van der Waals surface area contributed by atoms with Gasteiger partial charge in [0.1, 0.15) is 33.0 Å². The zero-order valence-electron chi connectivity index (χ0n) is 38.5. The number of nitrogen functional groups attached to an aromatic ring is 1. The number of aromatic amines is 1. The van der Waals surface area contributed by atoms with Crippen LogP contribution in [0.1, 0.15) is 23.1 Å². The number of aliphatic carboxylic acids is 1. The number of carbonyl (C=O) groups is 1. The number of H-pyrrole nitrogens is 1. The third-order valence-electron chi connectivity index (χ3n) is 11.5. The van der Waals surface area contributed by atoms with Crippen molar-refractivity contribution < 1.29 is 58.6 Å². The van der Waals surface area contributed by atoms with Gasteiger partial charge in [0.25, 0.3) is 0 Å². The number of nitrogens with zero attached hydrogens (tertiary/aromatic N) is 7. The molecule has 0 unspecified atom stereocenters. The Morgan fingerprint density at radius 1 is 0.843 bits per heavy atom. The molecule has 1 saturated heterocycles. The van der Waals surface area contributed by atoms with Gasteiger partial charge in [0.05, 0.1) is 77.7 Å². The number of hydrogen-bond donors (Lipinski definition) is 3. The number of carboxylic acid groups (broad SMARTS) is 1. The largest absolute Gasteiger partial charge is 0.542 e. The molecule has 3 heterocycles. The lowest BCUT2D eigenvalue weighted by atomic mass is 9.97. The lowest BCUT2D eigenvalue weighted by Gasteiger charge is -2.27. The molecule has 1 atom stereocenters. The minimum Gasteiger partial charge on any atom is -0.542 e. The van der Waals surface area contributed by atoms with Crippen LogP contribution in [0.5, 0.6) is 17.2 Å². The number of nitrogens with two attached hydrogens (primary N) is 1. The summed E-state index contributed by atoms with van der Waals surface area (Å²) in [6, 6.07) is 29.1. The Morgan fingerprint density at radius 2 is 1.39 bits per heavy atom. The molecular weight excluding hydrogens is 958 g/mol. The number of nitrogens with one attached hydrogen (secondary N) is 2. The summed E-state index contributed by atoms with van der Waals surface area (Å²) in [6.45, 7) is 1.04. The number of imidazole rings is 1. The first-order valence-electron chi connectivity index (χ1n) is 21.3. The van der Waals surface area contributed by atoms with E-state index in [0.717, 1.165) is 12.1 Å². The monoisotopic (exact) mass is 1010 g/mol. The average molecular weight is 1010 g/mol. The van der Waals surface area contributed by atoms with E-state index in [4.69, 9.17) is 29.8 Å². The fraction of sp³-hybridized carbons (Fsp3) is 0.283. The number of quaternary nitrogens is 1. The van der Waals surface area contributed by atoms with Gasteiger partial charge in [0.2, 0.25) is 20.0 Å². The third kappa shape index (κ3) is 11.5. The van der Waals surface area contributed by atoms with Gasteiger partial charge in [-0.1, -0.05) is 54.6 Å². The summed E-state index contributed by atoms with van der Waals surface area (Å²) in [5, 5.41) is 21.6. The molecule has 1 aliphatic rings. The quantitative estimate of drug-likeness (QED) is 0.114. The summed E-state index contributed by atoms with van der Waals surface area (Å²) in [5.41, 5.74) is 9.95. The number of benzene rings is 5. The van der Waals surface area contributed by atoms with Gasteiger partial charge in [0.15, 0.2) is 11.8 Å². The Kier molecular flexibility index (Phi) is 14.8. The number of tetrazole rings is 1. The minimum absolute atomic E-state index is 0.00413. The molecule has 0 saturated carbocycles. The molecular formula is C46H49F3N10O9S2. The molecule has 1 aliphatic heterocycles. The number of carbonyl (C=O) groups excluding carboxylic acids is 1. The Labute approximate surface area is 401 Å². The van der Waals surface area contributed by atoms with E-state index in [0.29, 0.717) is 68.0 Å². The first-order chi connectivity index (χ1) is 33.1. The van der Waals surface area contributed by atoms with Crippen LogP contribution in [0, 0.1) is 0 Å². The van der Waals surface area contributed by atoms with Gasteiger partial charge in [0, 0.05) is 25.1 Å². The van der Waals surface area contributed by atoms with Crippen LogP contribution in [-0.2, 0) is 44.5 Å². The number of carboxylic acids is 1. The van der Waals surface area contributed by atoms with E-state index >= 15 is 16.8 Å². The number of halogens is 3. The van der Waals surface area contributed by atoms with E-state index in [1.165, 1.54) is 15.1 Å². The number of aromatic nitrogens is 6.